The molecule has 4 heteroatoms. The van der Waals surface area contributed by atoms with E-state index in [-0.39, 0.29) is 5.84 Å². The summed E-state index contributed by atoms with van der Waals surface area (Å²) in [5.74, 6) is 0.171. The third kappa shape index (κ3) is 2.65. The van der Waals surface area contributed by atoms with E-state index >= 15 is 0 Å². The van der Waals surface area contributed by atoms with Crippen molar-refractivity contribution in [3.05, 3.63) is 29.3 Å². The van der Waals surface area contributed by atoms with Crippen LogP contribution in [0.15, 0.2) is 23.4 Å². The van der Waals surface area contributed by atoms with Gasteiger partial charge in [0.15, 0.2) is 5.84 Å². The normalized spacial score (nSPS) is 11.4. The van der Waals surface area contributed by atoms with Crippen molar-refractivity contribution in [2.45, 2.75) is 13.8 Å². The number of hydrogen-bond donors (Lipinski definition) is 3. The van der Waals surface area contributed by atoms with Crippen LogP contribution >= 0.6 is 0 Å². The van der Waals surface area contributed by atoms with E-state index in [0.29, 0.717) is 6.54 Å². The summed E-state index contributed by atoms with van der Waals surface area (Å²) in [6, 6.07) is 6.07. The summed E-state index contributed by atoms with van der Waals surface area (Å²) in [5.41, 5.74) is 8.71. The Kier molecular flexibility index (Phi) is 3.34. The number of rotatable bonds is 3. The first-order valence-electron chi connectivity index (χ1n) is 4.41. The van der Waals surface area contributed by atoms with E-state index in [4.69, 9.17) is 10.9 Å². The van der Waals surface area contributed by atoms with Crippen molar-refractivity contribution in [3.63, 3.8) is 0 Å². The van der Waals surface area contributed by atoms with Crippen molar-refractivity contribution < 1.29 is 5.21 Å². The van der Waals surface area contributed by atoms with Gasteiger partial charge in [-0.25, -0.2) is 0 Å². The lowest BCUT2D eigenvalue weighted by Crippen LogP contribution is -2.22. The summed E-state index contributed by atoms with van der Waals surface area (Å²) in [4.78, 5) is 0. The smallest absolute Gasteiger partial charge is 0.158 e. The van der Waals surface area contributed by atoms with Crippen molar-refractivity contribution in [2.75, 3.05) is 11.9 Å². The van der Waals surface area contributed by atoms with E-state index in [2.05, 4.69) is 16.5 Å². The number of benzene rings is 1. The van der Waals surface area contributed by atoms with Gasteiger partial charge in [-0.1, -0.05) is 22.9 Å². The van der Waals surface area contributed by atoms with E-state index in [1.165, 1.54) is 5.56 Å². The molecule has 0 fully saturated rings. The molecular weight excluding hydrogens is 178 g/mol. The number of nitrogens with two attached hydrogens (primary N) is 1. The lowest BCUT2D eigenvalue weighted by atomic mass is 10.1. The predicted octanol–water partition coefficient (Wildman–Crippen LogP) is 1.46. The van der Waals surface area contributed by atoms with Crippen LogP contribution in [0.1, 0.15) is 11.1 Å². The molecule has 0 amide bonds. The van der Waals surface area contributed by atoms with Crippen LogP contribution in [-0.2, 0) is 0 Å². The molecule has 14 heavy (non-hydrogen) atoms. The molecule has 4 N–H and O–H groups in total. The second-order valence-corrected chi connectivity index (χ2v) is 3.26. The standard InChI is InChI=1S/C10H15N3O/c1-7-3-4-9(8(2)5-7)12-6-10(11)13-14/h3-5,12,14H,6H2,1-2H3,(H2,11,13). The van der Waals surface area contributed by atoms with Crippen molar-refractivity contribution in [3.8, 4) is 0 Å². The van der Waals surface area contributed by atoms with Gasteiger partial charge in [-0.3, -0.25) is 0 Å². The number of nitrogens with zero attached hydrogens (tertiary/aromatic N) is 1. The van der Waals surface area contributed by atoms with Gasteiger partial charge in [-0.05, 0) is 25.5 Å². The van der Waals surface area contributed by atoms with Crippen molar-refractivity contribution in [1.29, 1.82) is 0 Å². The molecule has 0 unspecified atom stereocenters. The number of nitrogens with one attached hydrogen (secondary N) is 1. The maximum atomic E-state index is 8.35. The molecule has 0 saturated heterocycles. The van der Waals surface area contributed by atoms with Gasteiger partial charge >= 0.3 is 0 Å². The molecule has 1 aromatic rings. The maximum absolute atomic E-state index is 8.35. The Morgan fingerprint density at radius 1 is 1.50 bits per heavy atom. The lowest BCUT2D eigenvalue weighted by molar-refractivity contribution is 0.317. The van der Waals surface area contributed by atoms with Gasteiger partial charge in [-0.15, -0.1) is 0 Å². The zero-order valence-corrected chi connectivity index (χ0v) is 8.41. The van der Waals surface area contributed by atoms with Gasteiger partial charge in [0.05, 0.1) is 6.54 Å². The molecule has 0 aliphatic carbocycles. The highest BCUT2D eigenvalue weighted by molar-refractivity contribution is 5.84. The zero-order valence-electron chi connectivity index (χ0n) is 8.41. The van der Waals surface area contributed by atoms with Gasteiger partial charge in [0.2, 0.25) is 0 Å². The number of hydrogen-bond acceptors (Lipinski definition) is 3. The summed E-state index contributed by atoms with van der Waals surface area (Å²) in [5, 5.41) is 14.3. The highest BCUT2D eigenvalue weighted by atomic mass is 16.4. The largest absolute Gasteiger partial charge is 0.409 e. The molecular formula is C10H15N3O. The van der Waals surface area contributed by atoms with Crippen LogP contribution < -0.4 is 11.1 Å². The topological polar surface area (TPSA) is 70.6 Å². The average Bonchev–Trinajstić information content (AvgIpc) is 2.16. The second-order valence-electron chi connectivity index (χ2n) is 3.26. The highest BCUT2D eigenvalue weighted by Gasteiger charge is 1.98. The summed E-state index contributed by atoms with van der Waals surface area (Å²) in [7, 11) is 0. The van der Waals surface area contributed by atoms with Crippen molar-refractivity contribution in [1.82, 2.24) is 0 Å². The van der Waals surface area contributed by atoms with Crippen LogP contribution in [0.4, 0.5) is 5.69 Å². The zero-order chi connectivity index (χ0) is 10.6. The second kappa shape index (κ2) is 4.50. The fraction of sp³-hybridized carbons (Fsp3) is 0.300. The Morgan fingerprint density at radius 2 is 2.21 bits per heavy atom. The monoisotopic (exact) mass is 193 g/mol. The lowest BCUT2D eigenvalue weighted by Gasteiger charge is -2.08. The fourth-order valence-corrected chi connectivity index (χ4v) is 1.23. The maximum Gasteiger partial charge on any atom is 0.158 e. The molecule has 0 spiro atoms. The molecule has 4 nitrogen and oxygen atoms in total. The first kappa shape index (κ1) is 10.4. The minimum atomic E-state index is 0.171. The quantitative estimate of drug-likeness (QED) is 0.294. The number of amidine groups is 1. The third-order valence-corrected chi connectivity index (χ3v) is 1.97. The molecule has 0 aliphatic heterocycles. The SMILES string of the molecule is Cc1ccc(NC/C(N)=N/O)c(C)c1. The van der Waals surface area contributed by atoms with Gasteiger partial charge in [0, 0.05) is 5.69 Å². The molecule has 0 aromatic heterocycles. The Labute approximate surface area is 83.4 Å². The van der Waals surface area contributed by atoms with Crippen LogP contribution in [0.25, 0.3) is 0 Å². The highest BCUT2D eigenvalue weighted by Crippen LogP contribution is 2.15. The van der Waals surface area contributed by atoms with E-state index in [1.54, 1.807) is 0 Å². The molecule has 0 atom stereocenters. The van der Waals surface area contributed by atoms with E-state index < -0.39 is 0 Å². The van der Waals surface area contributed by atoms with E-state index in [1.807, 2.05) is 26.0 Å². The van der Waals surface area contributed by atoms with Crippen LogP contribution in [0.5, 0.6) is 0 Å². The van der Waals surface area contributed by atoms with Crippen LogP contribution in [-0.4, -0.2) is 17.6 Å². The number of aryl methyl sites for hydroxylation is 2. The van der Waals surface area contributed by atoms with Crippen LogP contribution in [0.3, 0.4) is 0 Å². The van der Waals surface area contributed by atoms with Gasteiger partial charge < -0.3 is 16.3 Å². The van der Waals surface area contributed by atoms with Gasteiger partial charge in [0.1, 0.15) is 0 Å². The van der Waals surface area contributed by atoms with Gasteiger partial charge in [0.25, 0.3) is 0 Å². The average molecular weight is 193 g/mol. The molecule has 0 aliphatic rings. The Hall–Kier alpha value is -1.71. The Balaban J connectivity index is 2.68. The number of anilines is 1. The molecule has 0 radical (unpaired) electrons. The fourth-order valence-electron chi connectivity index (χ4n) is 1.23. The Morgan fingerprint density at radius 3 is 2.79 bits per heavy atom. The van der Waals surface area contributed by atoms with Crippen molar-refractivity contribution in [2.24, 2.45) is 10.9 Å². The van der Waals surface area contributed by atoms with Crippen molar-refractivity contribution >= 4 is 11.5 Å². The number of oxime groups is 1. The van der Waals surface area contributed by atoms with Gasteiger partial charge in [-0.2, -0.15) is 0 Å². The summed E-state index contributed by atoms with van der Waals surface area (Å²) in [6.07, 6.45) is 0. The van der Waals surface area contributed by atoms with Crippen LogP contribution in [0.2, 0.25) is 0 Å². The minimum absolute atomic E-state index is 0.171. The minimum Gasteiger partial charge on any atom is -0.409 e. The first-order chi connectivity index (χ1) is 6.63. The third-order valence-electron chi connectivity index (χ3n) is 1.97. The molecule has 76 valence electrons. The summed E-state index contributed by atoms with van der Waals surface area (Å²) < 4.78 is 0. The predicted molar refractivity (Wildman–Crippen MR) is 57.8 cm³/mol. The molecule has 0 saturated carbocycles. The molecule has 0 bridgehead atoms. The Bertz CT molecular complexity index is 347. The van der Waals surface area contributed by atoms with E-state index in [9.17, 15) is 0 Å². The molecule has 0 heterocycles. The van der Waals surface area contributed by atoms with E-state index in [0.717, 1.165) is 11.3 Å². The molecule has 1 aromatic carbocycles. The molecule has 1 rings (SSSR count). The summed E-state index contributed by atoms with van der Waals surface area (Å²) >= 11 is 0. The first-order valence-corrected chi connectivity index (χ1v) is 4.41. The summed E-state index contributed by atoms with van der Waals surface area (Å²) in [6.45, 7) is 4.41. The van der Waals surface area contributed by atoms with Crippen LogP contribution in [0, 0.1) is 13.8 Å².